The molecule has 0 saturated carbocycles. The summed E-state index contributed by atoms with van der Waals surface area (Å²) in [6.45, 7) is 7.66. The number of hydrogen-bond acceptors (Lipinski definition) is 10. The van der Waals surface area contributed by atoms with Gasteiger partial charge in [-0.3, -0.25) is 14.2 Å². The smallest absolute Gasteiger partial charge is 0.338 e. The fraction of sp³-hybridized carbons (Fsp3) is 0.333. The summed E-state index contributed by atoms with van der Waals surface area (Å²) in [5, 5.41) is 0. The van der Waals surface area contributed by atoms with Crippen LogP contribution in [0.5, 0.6) is 23.0 Å². The molecule has 4 rings (SSSR count). The number of para-hydroxylation sites is 1. The summed E-state index contributed by atoms with van der Waals surface area (Å²) < 4.78 is 30.8. The van der Waals surface area contributed by atoms with E-state index in [4.69, 9.17) is 29.4 Å². The molecule has 228 valence electrons. The van der Waals surface area contributed by atoms with Gasteiger partial charge in [0.05, 0.1) is 46.3 Å². The number of fused-ring (bicyclic) bond motifs is 1. The standard InChI is InChI=1S/C30H32IN3O8S/c1-6-39-21-13-17(12-19(31)27(21)42-15-23(32)35)14-22-28(36)34-25(18-10-9-11-20(38-5)26(18)40-7-2)24(29(37)41-8-3)16(4)33-30(34)43-22/h9-14,25H,6-8,15H2,1-5H3,(H2,32,35)/b22-14+/t25-/m1/s1. The van der Waals surface area contributed by atoms with E-state index in [0.717, 1.165) is 0 Å². The molecule has 43 heavy (non-hydrogen) atoms. The number of aromatic nitrogens is 1. The van der Waals surface area contributed by atoms with Gasteiger partial charge in [0.2, 0.25) is 0 Å². The molecule has 2 heterocycles. The van der Waals surface area contributed by atoms with E-state index in [-0.39, 0.29) is 24.3 Å². The number of methoxy groups -OCH3 is 1. The maximum absolute atomic E-state index is 14.1. The predicted octanol–water partition coefficient (Wildman–Crippen LogP) is 3.07. The van der Waals surface area contributed by atoms with Crippen LogP contribution >= 0.6 is 33.9 Å². The molecule has 3 aromatic rings. The van der Waals surface area contributed by atoms with Gasteiger partial charge >= 0.3 is 5.97 Å². The molecular weight excluding hydrogens is 689 g/mol. The molecule has 0 spiro atoms. The summed E-state index contributed by atoms with van der Waals surface area (Å²) in [5.41, 5.74) is 6.81. The fourth-order valence-electron chi connectivity index (χ4n) is 4.66. The molecule has 1 aliphatic heterocycles. The average Bonchev–Trinajstić information content (AvgIpc) is 3.26. The Bertz CT molecular complexity index is 1760. The van der Waals surface area contributed by atoms with Crippen LogP contribution in [0.3, 0.4) is 0 Å². The summed E-state index contributed by atoms with van der Waals surface area (Å²) in [6, 6.07) is 7.99. The minimum atomic E-state index is -0.877. The first-order valence-electron chi connectivity index (χ1n) is 13.5. The van der Waals surface area contributed by atoms with Crippen LogP contribution in [0.2, 0.25) is 0 Å². The van der Waals surface area contributed by atoms with E-state index >= 15 is 0 Å². The van der Waals surface area contributed by atoms with Gasteiger partial charge in [0.25, 0.3) is 11.5 Å². The summed E-state index contributed by atoms with van der Waals surface area (Å²) in [6.07, 6.45) is 1.72. The first kappa shape index (κ1) is 32.1. The minimum absolute atomic E-state index is 0.156. The van der Waals surface area contributed by atoms with Gasteiger partial charge in [-0.05, 0) is 80.1 Å². The van der Waals surface area contributed by atoms with Gasteiger partial charge in [0, 0.05) is 5.56 Å². The van der Waals surface area contributed by atoms with E-state index in [1.54, 1.807) is 50.3 Å². The maximum atomic E-state index is 14.1. The first-order chi connectivity index (χ1) is 20.6. The molecule has 1 atom stereocenters. The molecule has 0 fully saturated rings. The zero-order valence-electron chi connectivity index (χ0n) is 24.4. The lowest BCUT2D eigenvalue weighted by Gasteiger charge is -2.26. The highest BCUT2D eigenvalue weighted by molar-refractivity contribution is 14.1. The Morgan fingerprint density at radius 3 is 2.47 bits per heavy atom. The Morgan fingerprint density at radius 1 is 1.07 bits per heavy atom. The molecule has 0 radical (unpaired) electrons. The Kier molecular flexibility index (Phi) is 10.5. The van der Waals surface area contributed by atoms with Gasteiger partial charge in [-0.15, -0.1) is 0 Å². The van der Waals surface area contributed by atoms with Crippen LogP contribution in [0, 0.1) is 3.57 Å². The number of carbonyl (C=O) groups excluding carboxylic acids is 2. The maximum Gasteiger partial charge on any atom is 0.338 e. The number of nitrogens with zero attached hydrogens (tertiary/aromatic N) is 2. The quantitative estimate of drug-likeness (QED) is 0.223. The number of primary amides is 1. The second kappa shape index (κ2) is 14.1. The second-order valence-corrected chi connectivity index (χ2v) is 11.3. The third kappa shape index (κ3) is 6.72. The van der Waals surface area contributed by atoms with E-state index < -0.39 is 17.9 Å². The number of thiazole rings is 1. The summed E-state index contributed by atoms with van der Waals surface area (Å²) in [7, 11) is 1.53. The zero-order chi connectivity index (χ0) is 31.3. The van der Waals surface area contributed by atoms with Crippen molar-refractivity contribution in [3.63, 3.8) is 0 Å². The first-order valence-corrected chi connectivity index (χ1v) is 15.4. The molecule has 0 unspecified atom stereocenters. The minimum Gasteiger partial charge on any atom is -0.493 e. The lowest BCUT2D eigenvalue weighted by Crippen LogP contribution is -2.40. The highest BCUT2D eigenvalue weighted by atomic mass is 127. The van der Waals surface area contributed by atoms with Crippen molar-refractivity contribution in [2.24, 2.45) is 10.7 Å². The predicted molar refractivity (Wildman–Crippen MR) is 170 cm³/mol. The van der Waals surface area contributed by atoms with Crippen molar-refractivity contribution < 1.29 is 33.3 Å². The molecule has 11 nitrogen and oxygen atoms in total. The number of benzene rings is 2. The van der Waals surface area contributed by atoms with E-state index in [1.807, 2.05) is 13.8 Å². The zero-order valence-corrected chi connectivity index (χ0v) is 27.4. The third-order valence-electron chi connectivity index (χ3n) is 6.32. The Hall–Kier alpha value is -3.85. The van der Waals surface area contributed by atoms with Gasteiger partial charge in [0.15, 0.2) is 34.4 Å². The second-order valence-electron chi connectivity index (χ2n) is 9.13. The number of esters is 1. The van der Waals surface area contributed by atoms with Crippen molar-refractivity contribution in [3.05, 3.63) is 76.0 Å². The summed E-state index contributed by atoms with van der Waals surface area (Å²) in [4.78, 5) is 43.8. The Labute approximate surface area is 265 Å². The number of carbonyl (C=O) groups is 2. The van der Waals surface area contributed by atoms with Crippen LogP contribution in [0.1, 0.15) is 44.9 Å². The van der Waals surface area contributed by atoms with E-state index in [1.165, 1.54) is 23.0 Å². The molecule has 0 aliphatic carbocycles. The Morgan fingerprint density at radius 2 is 1.81 bits per heavy atom. The number of halogens is 1. The number of nitrogens with two attached hydrogens (primary N) is 1. The molecule has 0 saturated heterocycles. The summed E-state index contributed by atoms with van der Waals surface area (Å²) in [5.74, 6) is 0.499. The lowest BCUT2D eigenvalue weighted by molar-refractivity contribution is -0.139. The Balaban J connectivity index is 1.95. The monoisotopic (exact) mass is 721 g/mol. The molecule has 1 aromatic heterocycles. The van der Waals surface area contributed by atoms with Crippen LogP contribution in [-0.2, 0) is 14.3 Å². The molecule has 2 aromatic carbocycles. The SMILES string of the molecule is CCOC(=O)C1=C(C)N=c2s/c(=C/c3cc(I)c(OCC(N)=O)c(OCC)c3)c(=O)n2[C@@H]1c1cccc(OC)c1OCC. The molecule has 1 amide bonds. The van der Waals surface area contributed by atoms with E-state index in [0.29, 0.717) is 65.9 Å². The third-order valence-corrected chi connectivity index (χ3v) is 8.10. The molecule has 1 aliphatic rings. The van der Waals surface area contributed by atoms with Crippen molar-refractivity contribution in [2.45, 2.75) is 33.7 Å². The van der Waals surface area contributed by atoms with E-state index in [2.05, 4.69) is 27.6 Å². The number of hydrogen-bond donors (Lipinski definition) is 1. The van der Waals surface area contributed by atoms with Crippen molar-refractivity contribution in [1.82, 2.24) is 4.57 Å². The number of ether oxygens (including phenoxy) is 5. The van der Waals surface area contributed by atoms with Crippen molar-refractivity contribution >= 4 is 51.9 Å². The molecule has 2 N–H and O–H groups in total. The van der Waals surface area contributed by atoms with Crippen molar-refractivity contribution in [3.8, 4) is 23.0 Å². The average molecular weight is 722 g/mol. The number of amides is 1. The van der Waals surface area contributed by atoms with Crippen LogP contribution in [0.15, 0.2) is 51.4 Å². The fourth-order valence-corrected chi connectivity index (χ4v) is 6.49. The van der Waals surface area contributed by atoms with Gasteiger partial charge in [0.1, 0.15) is 6.04 Å². The summed E-state index contributed by atoms with van der Waals surface area (Å²) >= 11 is 3.27. The van der Waals surface area contributed by atoms with Crippen LogP contribution < -0.4 is 39.6 Å². The van der Waals surface area contributed by atoms with Gasteiger partial charge in [-0.2, -0.15) is 0 Å². The number of rotatable bonds is 12. The van der Waals surface area contributed by atoms with Gasteiger partial charge in [-0.25, -0.2) is 9.79 Å². The van der Waals surface area contributed by atoms with Crippen molar-refractivity contribution in [1.29, 1.82) is 0 Å². The molecular formula is C30H32IN3O8S. The topological polar surface area (TPSA) is 141 Å². The number of allylic oxidation sites excluding steroid dienone is 1. The van der Waals surface area contributed by atoms with Gasteiger partial charge in [-0.1, -0.05) is 23.5 Å². The lowest BCUT2D eigenvalue weighted by atomic mass is 9.94. The highest BCUT2D eigenvalue weighted by Crippen LogP contribution is 2.41. The molecule has 0 bridgehead atoms. The van der Waals surface area contributed by atoms with Crippen molar-refractivity contribution in [2.75, 3.05) is 33.5 Å². The highest BCUT2D eigenvalue weighted by Gasteiger charge is 2.36. The molecule has 13 heteroatoms. The van der Waals surface area contributed by atoms with E-state index in [9.17, 15) is 14.4 Å². The van der Waals surface area contributed by atoms with Crippen LogP contribution in [-0.4, -0.2) is 50.0 Å². The largest absolute Gasteiger partial charge is 0.493 e. The van der Waals surface area contributed by atoms with Crippen LogP contribution in [0.4, 0.5) is 0 Å². The normalized spacial score (nSPS) is 14.6. The van der Waals surface area contributed by atoms with Crippen LogP contribution in [0.25, 0.3) is 6.08 Å². The van der Waals surface area contributed by atoms with Gasteiger partial charge < -0.3 is 29.4 Å².